The lowest BCUT2D eigenvalue weighted by Crippen LogP contribution is -2.43. The van der Waals surface area contributed by atoms with Crippen LogP contribution in [0.4, 0.5) is 0 Å². The van der Waals surface area contributed by atoms with Crippen LogP contribution in [0.2, 0.25) is 0 Å². The summed E-state index contributed by atoms with van der Waals surface area (Å²) in [6.45, 7) is 4.92. The minimum absolute atomic E-state index is 0. The normalized spacial score (nSPS) is 22.4. The second-order valence-electron chi connectivity index (χ2n) is 5.76. The highest BCUT2D eigenvalue weighted by Gasteiger charge is 2.30. The zero-order chi connectivity index (χ0) is 13.8. The zero-order valence-electron chi connectivity index (χ0n) is 12.2. The van der Waals surface area contributed by atoms with Gasteiger partial charge in [-0.2, -0.15) is 0 Å². The number of thiophene rings is 1. The molecule has 114 valence electrons. The number of halogens is 1. The summed E-state index contributed by atoms with van der Waals surface area (Å²) in [7, 11) is 0. The predicted molar refractivity (Wildman–Crippen MR) is 87.2 cm³/mol. The highest BCUT2D eigenvalue weighted by atomic mass is 35.5. The first kappa shape index (κ1) is 17.5. The highest BCUT2D eigenvalue weighted by Crippen LogP contribution is 2.26. The maximum atomic E-state index is 12.7. The van der Waals surface area contributed by atoms with Gasteiger partial charge in [0.2, 0.25) is 5.91 Å². The molecule has 2 rings (SSSR count). The molecule has 1 saturated carbocycles. The van der Waals surface area contributed by atoms with Crippen molar-refractivity contribution < 1.29 is 4.79 Å². The summed E-state index contributed by atoms with van der Waals surface area (Å²) in [5, 5.41) is 2.06. The van der Waals surface area contributed by atoms with Crippen molar-refractivity contribution >= 4 is 29.7 Å². The molecule has 1 aliphatic rings. The van der Waals surface area contributed by atoms with E-state index in [4.69, 9.17) is 5.73 Å². The smallest absolute Gasteiger partial charge is 0.226 e. The first-order chi connectivity index (χ1) is 9.08. The maximum absolute atomic E-state index is 12.7. The number of rotatable bonds is 4. The molecule has 1 aromatic rings. The molecule has 3 nitrogen and oxygen atoms in total. The summed E-state index contributed by atoms with van der Waals surface area (Å²) in [5.74, 6) is 0.421. The zero-order valence-corrected chi connectivity index (χ0v) is 13.9. The van der Waals surface area contributed by atoms with E-state index in [2.05, 4.69) is 25.3 Å². The van der Waals surface area contributed by atoms with Crippen LogP contribution < -0.4 is 5.73 Å². The molecule has 2 N–H and O–H groups in total. The van der Waals surface area contributed by atoms with E-state index >= 15 is 0 Å². The Morgan fingerprint density at radius 1 is 1.50 bits per heavy atom. The van der Waals surface area contributed by atoms with E-state index in [0.29, 0.717) is 5.91 Å². The Labute approximate surface area is 131 Å². The van der Waals surface area contributed by atoms with Gasteiger partial charge in [-0.1, -0.05) is 12.5 Å². The topological polar surface area (TPSA) is 46.3 Å². The average molecular weight is 317 g/mol. The minimum atomic E-state index is 0. The molecule has 0 bridgehead atoms. The second kappa shape index (κ2) is 8.01. The van der Waals surface area contributed by atoms with Crippen LogP contribution in [0.25, 0.3) is 0 Å². The second-order valence-corrected chi connectivity index (χ2v) is 6.80. The van der Waals surface area contributed by atoms with Crippen molar-refractivity contribution in [3.8, 4) is 0 Å². The van der Waals surface area contributed by atoms with Crippen molar-refractivity contribution in [2.45, 2.75) is 58.2 Å². The van der Waals surface area contributed by atoms with Gasteiger partial charge in [-0.25, -0.2) is 0 Å². The fourth-order valence-corrected chi connectivity index (χ4v) is 3.47. The van der Waals surface area contributed by atoms with Gasteiger partial charge in [-0.05, 0) is 44.6 Å². The van der Waals surface area contributed by atoms with Gasteiger partial charge in [0.25, 0.3) is 0 Å². The van der Waals surface area contributed by atoms with Gasteiger partial charge in [-0.15, -0.1) is 23.7 Å². The van der Waals surface area contributed by atoms with Crippen molar-refractivity contribution in [3.05, 3.63) is 22.4 Å². The Morgan fingerprint density at radius 3 is 2.80 bits per heavy atom. The van der Waals surface area contributed by atoms with Gasteiger partial charge in [0.1, 0.15) is 0 Å². The number of amides is 1. The van der Waals surface area contributed by atoms with E-state index < -0.39 is 0 Å². The molecule has 0 saturated heterocycles. The summed E-state index contributed by atoms with van der Waals surface area (Å²) in [6.07, 6.45) is 4.01. The predicted octanol–water partition coefficient (Wildman–Crippen LogP) is 3.42. The van der Waals surface area contributed by atoms with E-state index in [9.17, 15) is 4.79 Å². The van der Waals surface area contributed by atoms with Crippen molar-refractivity contribution in [2.75, 3.05) is 0 Å². The maximum Gasteiger partial charge on any atom is 0.226 e. The molecular weight excluding hydrogens is 292 g/mol. The number of hydrogen-bond acceptors (Lipinski definition) is 3. The van der Waals surface area contributed by atoms with Crippen LogP contribution in [-0.2, 0) is 11.3 Å². The molecule has 2 atom stereocenters. The van der Waals surface area contributed by atoms with Gasteiger partial charge >= 0.3 is 0 Å². The largest absolute Gasteiger partial charge is 0.335 e. The SMILES string of the molecule is CC(C)N(Cc1cccs1)C(=O)C1CCCC(N)C1.Cl. The van der Waals surface area contributed by atoms with Crippen LogP contribution in [-0.4, -0.2) is 22.9 Å². The lowest BCUT2D eigenvalue weighted by atomic mass is 9.85. The van der Waals surface area contributed by atoms with Crippen LogP contribution >= 0.6 is 23.7 Å². The molecule has 1 heterocycles. The van der Waals surface area contributed by atoms with Crippen LogP contribution in [0, 0.1) is 5.92 Å². The highest BCUT2D eigenvalue weighted by molar-refractivity contribution is 7.09. The first-order valence-corrected chi connectivity index (χ1v) is 8.04. The number of nitrogens with zero attached hydrogens (tertiary/aromatic N) is 1. The number of carbonyl (C=O) groups is 1. The van der Waals surface area contributed by atoms with Gasteiger partial charge in [-0.3, -0.25) is 4.79 Å². The Kier molecular flexibility index (Phi) is 7.00. The summed E-state index contributed by atoms with van der Waals surface area (Å²) >= 11 is 1.71. The van der Waals surface area contributed by atoms with E-state index in [1.807, 2.05) is 11.0 Å². The van der Waals surface area contributed by atoms with Gasteiger partial charge in [0.15, 0.2) is 0 Å². The Morgan fingerprint density at radius 2 is 2.25 bits per heavy atom. The van der Waals surface area contributed by atoms with Crippen LogP contribution in [0.1, 0.15) is 44.4 Å². The van der Waals surface area contributed by atoms with E-state index in [1.165, 1.54) is 4.88 Å². The molecular formula is C15H25ClN2OS. The molecule has 1 aliphatic carbocycles. The molecule has 5 heteroatoms. The third-order valence-corrected chi connectivity index (χ3v) is 4.74. The molecule has 0 radical (unpaired) electrons. The summed E-state index contributed by atoms with van der Waals surface area (Å²) in [6, 6.07) is 4.59. The Balaban J connectivity index is 0.00000200. The standard InChI is InChI=1S/C15H24N2OS.ClH/c1-11(2)17(10-14-7-4-8-19-14)15(18)12-5-3-6-13(16)9-12;/h4,7-8,11-13H,3,5-6,9-10,16H2,1-2H3;1H. The third-order valence-electron chi connectivity index (χ3n) is 3.88. The summed E-state index contributed by atoms with van der Waals surface area (Å²) in [5.41, 5.74) is 6.01. The van der Waals surface area contributed by atoms with Crippen LogP contribution in [0.3, 0.4) is 0 Å². The average Bonchev–Trinajstić information content (AvgIpc) is 2.87. The number of nitrogens with two attached hydrogens (primary N) is 1. The number of hydrogen-bond donors (Lipinski definition) is 1. The van der Waals surface area contributed by atoms with Gasteiger partial charge in [0.05, 0.1) is 6.54 Å². The fraction of sp³-hybridized carbons (Fsp3) is 0.667. The summed E-state index contributed by atoms with van der Waals surface area (Å²) < 4.78 is 0. The molecule has 1 amide bonds. The molecule has 20 heavy (non-hydrogen) atoms. The lowest BCUT2D eigenvalue weighted by molar-refractivity contribution is -0.139. The van der Waals surface area contributed by atoms with E-state index in [0.717, 1.165) is 32.2 Å². The van der Waals surface area contributed by atoms with Crippen molar-refractivity contribution in [1.29, 1.82) is 0 Å². The van der Waals surface area contributed by atoms with E-state index in [-0.39, 0.29) is 30.4 Å². The minimum Gasteiger partial charge on any atom is -0.335 e. The molecule has 0 aromatic carbocycles. The quantitative estimate of drug-likeness (QED) is 0.925. The van der Waals surface area contributed by atoms with Crippen LogP contribution in [0.5, 0.6) is 0 Å². The monoisotopic (exact) mass is 316 g/mol. The van der Waals surface area contributed by atoms with Crippen molar-refractivity contribution in [1.82, 2.24) is 4.90 Å². The number of carbonyl (C=O) groups excluding carboxylic acids is 1. The Bertz CT molecular complexity index is 408. The van der Waals surface area contributed by atoms with E-state index in [1.54, 1.807) is 11.3 Å². The molecule has 2 unspecified atom stereocenters. The van der Waals surface area contributed by atoms with Crippen molar-refractivity contribution in [2.24, 2.45) is 11.7 Å². The van der Waals surface area contributed by atoms with Crippen molar-refractivity contribution in [3.63, 3.8) is 0 Å². The first-order valence-electron chi connectivity index (χ1n) is 7.16. The molecule has 1 aromatic heterocycles. The molecule has 1 fully saturated rings. The fourth-order valence-electron chi connectivity index (χ4n) is 2.77. The van der Waals surface area contributed by atoms with Gasteiger partial charge < -0.3 is 10.6 Å². The lowest BCUT2D eigenvalue weighted by Gasteiger charge is -2.33. The summed E-state index contributed by atoms with van der Waals surface area (Å²) in [4.78, 5) is 15.9. The Hall–Kier alpha value is -0.580. The van der Waals surface area contributed by atoms with Gasteiger partial charge in [0, 0.05) is 22.9 Å². The third kappa shape index (κ3) is 4.47. The van der Waals surface area contributed by atoms with Crippen LogP contribution in [0.15, 0.2) is 17.5 Å². The molecule has 0 spiro atoms. The molecule has 0 aliphatic heterocycles.